The minimum atomic E-state index is -0.213. The first-order chi connectivity index (χ1) is 14.1. The van der Waals surface area contributed by atoms with Gasteiger partial charge in [-0.25, -0.2) is 0 Å². The van der Waals surface area contributed by atoms with Gasteiger partial charge in [-0.3, -0.25) is 9.69 Å². The van der Waals surface area contributed by atoms with Crippen LogP contribution in [0.15, 0.2) is 48.5 Å². The van der Waals surface area contributed by atoms with Crippen LogP contribution in [0.5, 0.6) is 0 Å². The lowest BCUT2D eigenvalue weighted by molar-refractivity contribution is -0.141. The first-order valence-corrected chi connectivity index (χ1v) is 10.6. The maximum absolute atomic E-state index is 13.5. The van der Waals surface area contributed by atoms with E-state index in [0.29, 0.717) is 26.3 Å². The second kappa shape index (κ2) is 8.97. The average molecular weight is 394 g/mol. The van der Waals surface area contributed by atoms with Gasteiger partial charge >= 0.3 is 0 Å². The molecule has 2 aromatic carbocycles. The summed E-state index contributed by atoms with van der Waals surface area (Å²) in [5.74, 6) is 0.208. The summed E-state index contributed by atoms with van der Waals surface area (Å²) in [5, 5.41) is 0. The highest BCUT2D eigenvalue weighted by Gasteiger charge is 2.34. The van der Waals surface area contributed by atoms with Gasteiger partial charge in [0.15, 0.2) is 0 Å². The highest BCUT2D eigenvalue weighted by molar-refractivity contribution is 5.83. The zero-order valence-electron chi connectivity index (χ0n) is 17.5. The number of benzene rings is 2. The SMILES string of the molecule is Cc1cccc(N2CCN([C@@H](C(=O)N3CCOCC3)c3ccccc3)CC2)c1C. The van der Waals surface area contributed by atoms with Gasteiger partial charge in [0, 0.05) is 45.0 Å². The van der Waals surface area contributed by atoms with Gasteiger partial charge in [-0.05, 0) is 36.6 Å². The second-order valence-corrected chi connectivity index (χ2v) is 7.99. The Balaban J connectivity index is 1.52. The molecule has 2 aliphatic heterocycles. The number of hydrogen-bond donors (Lipinski definition) is 0. The van der Waals surface area contributed by atoms with Crippen molar-refractivity contribution in [2.75, 3.05) is 57.4 Å². The molecule has 0 aromatic heterocycles. The standard InChI is InChI=1S/C24H31N3O2/c1-19-7-6-10-22(20(19)2)25-11-13-26(14-12-25)23(21-8-4-3-5-9-21)24(28)27-15-17-29-18-16-27/h3-10,23H,11-18H2,1-2H3/t23-/m1/s1. The van der Waals surface area contributed by atoms with E-state index in [9.17, 15) is 4.79 Å². The Labute approximate surface area is 173 Å². The fraction of sp³-hybridized carbons (Fsp3) is 0.458. The van der Waals surface area contributed by atoms with Crippen molar-refractivity contribution < 1.29 is 9.53 Å². The van der Waals surface area contributed by atoms with Crippen LogP contribution in [0, 0.1) is 13.8 Å². The largest absolute Gasteiger partial charge is 0.378 e. The van der Waals surface area contributed by atoms with Gasteiger partial charge in [0.05, 0.1) is 13.2 Å². The van der Waals surface area contributed by atoms with Gasteiger partial charge in [-0.15, -0.1) is 0 Å². The molecule has 5 nitrogen and oxygen atoms in total. The van der Waals surface area contributed by atoms with E-state index in [1.165, 1.54) is 16.8 Å². The Kier molecular flexibility index (Phi) is 6.16. The average Bonchev–Trinajstić information content (AvgIpc) is 2.78. The molecule has 0 unspecified atom stereocenters. The van der Waals surface area contributed by atoms with E-state index in [1.807, 2.05) is 23.1 Å². The van der Waals surface area contributed by atoms with Crippen LogP contribution in [0.3, 0.4) is 0 Å². The van der Waals surface area contributed by atoms with E-state index in [2.05, 4.69) is 54.0 Å². The molecule has 2 aliphatic rings. The molecule has 5 heteroatoms. The Morgan fingerprint density at radius 1 is 0.862 bits per heavy atom. The summed E-state index contributed by atoms with van der Waals surface area (Å²) in [4.78, 5) is 20.2. The molecule has 0 aliphatic carbocycles. The summed E-state index contributed by atoms with van der Waals surface area (Å²) >= 11 is 0. The fourth-order valence-corrected chi connectivity index (χ4v) is 4.40. The molecule has 2 aromatic rings. The molecule has 0 N–H and O–H groups in total. The maximum Gasteiger partial charge on any atom is 0.244 e. The minimum absolute atomic E-state index is 0.208. The third-order valence-corrected chi connectivity index (χ3v) is 6.27. The number of ether oxygens (including phenoxy) is 1. The summed E-state index contributed by atoms with van der Waals surface area (Å²) in [6.07, 6.45) is 0. The molecule has 1 amide bonds. The van der Waals surface area contributed by atoms with E-state index < -0.39 is 0 Å². The summed E-state index contributed by atoms with van der Waals surface area (Å²) in [5.41, 5.74) is 5.09. The van der Waals surface area contributed by atoms with Gasteiger partial charge in [0.2, 0.25) is 5.91 Å². The number of nitrogens with zero attached hydrogens (tertiary/aromatic N) is 3. The van der Waals surface area contributed by atoms with Crippen molar-refractivity contribution in [3.8, 4) is 0 Å². The second-order valence-electron chi connectivity index (χ2n) is 7.99. The molecule has 29 heavy (non-hydrogen) atoms. The first kappa shape index (κ1) is 19.9. The van der Waals surface area contributed by atoms with Crippen LogP contribution in [-0.2, 0) is 9.53 Å². The van der Waals surface area contributed by atoms with Crippen LogP contribution in [0.2, 0.25) is 0 Å². The van der Waals surface area contributed by atoms with Crippen molar-refractivity contribution in [3.63, 3.8) is 0 Å². The third kappa shape index (κ3) is 4.31. The smallest absolute Gasteiger partial charge is 0.244 e. The highest BCUT2D eigenvalue weighted by Crippen LogP contribution is 2.28. The third-order valence-electron chi connectivity index (χ3n) is 6.27. The zero-order chi connectivity index (χ0) is 20.2. The van der Waals surface area contributed by atoms with Gasteiger partial charge in [0.25, 0.3) is 0 Å². The number of amides is 1. The number of morpholine rings is 1. The van der Waals surface area contributed by atoms with E-state index in [-0.39, 0.29) is 11.9 Å². The molecular weight excluding hydrogens is 362 g/mol. The number of aryl methyl sites for hydroxylation is 1. The molecule has 2 saturated heterocycles. The van der Waals surface area contributed by atoms with Crippen LogP contribution in [0.1, 0.15) is 22.7 Å². The minimum Gasteiger partial charge on any atom is -0.378 e. The first-order valence-electron chi connectivity index (χ1n) is 10.6. The monoisotopic (exact) mass is 393 g/mol. The number of anilines is 1. The van der Waals surface area contributed by atoms with Gasteiger partial charge in [0.1, 0.15) is 6.04 Å². The lowest BCUT2D eigenvalue weighted by Gasteiger charge is -2.42. The molecule has 0 bridgehead atoms. The highest BCUT2D eigenvalue weighted by atomic mass is 16.5. The van der Waals surface area contributed by atoms with Crippen LogP contribution in [0.25, 0.3) is 0 Å². The van der Waals surface area contributed by atoms with Gasteiger partial charge in [-0.2, -0.15) is 0 Å². The fourth-order valence-electron chi connectivity index (χ4n) is 4.40. The van der Waals surface area contributed by atoms with Gasteiger partial charge in [-0.1, -0.05) is 42.5 Å². The Morgan fingerprint density at radius 3 is 2.24 bits per heavy atom. The molecule has 2 fully saturated rings. The molecule has 0 radical (unpaired) electrons. The quantitative estimate of drug-likeness (QED) is 0.800. The number of carbonyl (C=O) groups is 1. The summed E-state index contributed by atoms with van der Waals surface area (Å²) in [7, 11) is 0. The van der Waals surface area contributed by atoms with E-state index in [4.69, 9.17) is 4.74 Å². The lowest BCUT2D eigenvalue weighted by atomic mass is 10.0. The molecule has 4 rings (SSSR count). The molecule has 0 saturated carbocycles. The normalized spacial score (nSPS) is 19.2. The van der Waals surface area contributed by atoms with E-state index in [0.717, 1.165) is 31.7 Å². The predicted molar refractivity (Wildman–Crippen MR) is 116 cm³/mol. The van der Waals surface area contributed by atoms with Crippen LogP contribution < -0.4 is 4.90 Å². The topological polar surface area (TPSA) is 36.0 Å². The summed E-state index contributed by atoms with van der Waals surface area (Å²) < 4.78 is 5.45. The van der Waals surface area contributed by atoms with Crippen LogP contribution in [0.4, 0.5) is 5.69 Å². The number of hydrogen-bond acceptors (Lipinski definition) is 4. The zero-order valence-corrected chi connectivity index (χ0v) is 17.5. The van der Waals surface area contributed by atoms with Crippen molar-refractivity contribution in [1.29, 1.82) is 0 Å². The molecule has 0 spiro atoms. The number of rotatable bonds is 4. The van der Waals surface area contributed by atoms with Crippen molar-refractivity contribution in [1.82, 2.24) is 9.80 Å². The Bertz CT molecular complexity index is 825. The van der Waals surface area contributed by atoms with Crippen molar-refractivity contribution in [3.05, 3.63) is 65.2 Å². The Hall–Kier alpha value is -2.37. The van der Waals surface area contributed by atoms with Gasteiger partial charge < -0.3 is 14.5 Å². The Morgan fingerprint density at radius 2 is 1.55 bits per heavy atom. The summed E-state index contributed by atoms with van der Waals surface area (Å²) in [6.45, 7) is 10.6. The predicted octanol–water partition coefficient (Wildman–Crippen LogP) is 3.03. The van der Waals surface area contributed by atoms with Crippen molar-refractivity contribution in [2.24, 2.45) is 0 Å². The molecule has 2 heterocycles. The number of piperazine rings is 1. The lowest BCUT2D eigenvalue weighted by Crippen LogP contribution is -2.53. The van der Waals surface area contributed by atoms with Crippen LogP contribution in [-0.4, -0.2) is 68.2 Å². The van der Waals surface area contributed by atoms with E-state index >= 15 is 0 Å². The van der Waals surface area contributed by atoms with E-state index in [1.54, 1.807) is 0 Å². The van der Waals surface area contributed by atoms with Crippen LogP contribution >= 0.6 is 0 Å². The number of carbonyl (C=O) groups excluding carboxylic acids is 1. The molecule has 1 atom stereocenters. The maximum atomic E-state index is 13.5. The molecule has 154 valence electrons. The molecular formula is C24H31N3O2. The van der Waals surface area contributed by atoms with Crippen molar-refractivity contribution in [2.45, 2.75) is 19.9 Å². The van der Waals surface area contributed by atoms with Crippen molar-refractivity contribution >= 4 is 11.6 Å². The summed E-state index contributed by atoms with van der Waals surface area (Å²) in [6, 6.07) is 16.5.